The number of aliphatic hydroxyl groups excluding tert-OH is 1. The maximum absolute atomic E-state index is 9.38. The Kier molecular flexibility index (Phi) is 5.03. The van der Waals surface area contributed by atoms with Gasteiger partial charge in [0.05, 0.1) is 6.10 Å². The summed E-state index contributed by atoms with van der Waals surface area (Å²) in [6.45, 7) is 10.6. The van der Waals surface area contributed by atoms with Gasteiger partial charge in [0.15, 0.2) is 0 Å². The molecule has 2 unspecified atom stereocenters. The molecule has 3 nitrogen and oxygen atoms in total. The number of β-amino-alcohol motifs (C(OH)–C–C–N with tert-alkyl or cyclic N) is 1. The van der Waals surface area contributed by atoms with E-state index in [9.17, 15) is 5.11 Å². The fourth-order valence-electron chi connectivity index (χ4n) is 2.35. The van der Waals surface area contributed by atoms with E-state index in [2.05, 4.69) is 30.7 Å². The van der Waals surface area contributed by atoms with Crippen LogP contribution in [0.1, 0.15) is 27.2 Å². The number of hydrogen-bond acceptors (Lipinski definition) is 3. The molecule has 0 radical (unpaired) electrons. The topological polar surface area (TPSA) is 26.7 Å². The first kappa shape index (κ1) is 12.9. The van der Waals surface area contributed by atoms with Crippen molar-refractivity contribution in [3.63, 3.8) is 0 Å². The van der Waals surface area contributed by atoms with Gasteiger partial charge < -0.3 is 10.0 Å². The van der Waals surface area contributed by atoms with Crippen LogP contribution in [-0.2, 0) is 0 Å². The molecule has 1 aliphatic heterocycles. The van der Waals surface area contributed by atoms with Gasteiger partial charge >= 0.3 is 0 Å². The van der Waals surface area contributed by atoms with E-state index in [1.165, 1.54) is 6.42 Å². The van der Waals surface area contributed by atoms with Crippen molar-refractivity contribution in [2.75, 3.05) is 33.2 Å². The number of aliphatic hydroxyl groups is 1. The van der Waals surface area contributed by atoms with Crippen LogP contribution in [0, 0.1) is 5.92 Å². The first-order chi connectivity index (χ1) is 6.99. The van der Waals surface area contributed by atoms with Gasteiger partial charge in [0.1, 0.15) is 0 Å². The van der Waals surface area contributed by atoms with Crippen LogP contribution in [0.4, 0.5) is 0 Å². The summed E-state index contributed by atoms with van der Waals surface area (Å²) in [7, 11) is 2.22. The van der Waals surface area contributed by atoms with Gasteiger partial charge in [0.25, 0.3) is 0 Å². The predicted molar refractivity (Wildman–Crippen MR) is 64.0 cm³/mol. The summed E-state index contributed by atoms with van der Waals surface area (Å²) in [5, 5.41) is 9.38. The number of piperazine rings is 1. The molecule has 0 aromatic rings. The molecule has 90 valence electrons. The number of rotatable bonds is 4. The molecule has 15 heavy (non-hydrogen) atoms. The van der Waals surface area contributed by atoms with E-state index in [0.717, 1.165) is 32.1 Å². The van der Waals surface area contributed by atoms with Crippen molar-refractivity contribution in [1.82, 2.24) is 9.80 Å². The Morgan fingerprint density at radius 2 is 1.93 bits per heavy atom. The third-order valence-electron chi connectivity index (χ3n) is 3.13. The molecule has 1 saturated heterocycles. The number of likely N-dealkylation sites (N-methyl/N-ethyl adjacent to an activating group) is 1. The largest absolute Gasteiger partial charge is 0.392 e. The summed E-state index contributed by atoms with van der Waals surface area (Å²) in [6, 6.07) is 0.664. The molecule has 1 aliphatic rings. The zero-order valence-electron chi connectivity index (χ0n) is 10.6. The maximum atomic E-state index is 9.38. The highest BCUT2D eigenvalue weighted by Crippen LogP contribution is 2.15. The van der Waals surface area contributed by atoms with Crippen LogP contribution >= 0.6 is 0 Å². The molecule has 0 amide bonds. The SMILES string of the molecule is CC(C)CC1CN(CC(C)O)CCN1C. The lowest BCUT2D eigenvalue weighted by atomic mass is 10.0. The molecule has 2 atom stereocenters. The zero-order chi connectivity index (χ0) is 11.4. The first-order valence-corrected chi connectivity index (χ1v) is 6.09. The van der Waals surface area contributed by atoms with Crippen LogP contribution < -0.4 is 0 Å². The van der Waals surface area contributed by atoms with Crippen molar-refractivity contribution in [3.05, 3.63) is 0 Å². The Morgan fingerprint density at radius 3 is 2.47 bits per heavy atom. The monoisotopic (exact) mass is 214 g/mol. The van der Waals surface area contributed by atoms with Gasteiger partial charge in [-0.05, 0) is 26.3 Å². The Morgan fingerprint density at radius 1 is 1.27 bits per heavy atom. The molecule has 1 fully saturated rings. The Hall–Kier alpha value is -0.120. The molecule has 1 heterocycles. The Balaban J connectivity index is 2.41. The summed E-state index contributed by atoms with van der Waals surface area (Å²) in [4.78, 5) is 4.84. The fourth-order valence-corrected chi connectivity index (χ4v) is 2.35. The molecule has 0 aliphatic carbocycles. The van der Waals surface area contributed by atoms with Gasteiger partial charge in [-0.1, -0.05) is 13.8 Å². The van der Waals surface area contributed by atoms with Crippen molar-refractivity contribution in [2.45, 2.75) is 39.3 Å². The van der Waals surface area contributed by atoms with E-state index in [0.29, 0.717) is 6.04 Å². The highest BCUT2D eigenvalue weighted by Gasteiger charge is 2.25. The van der Waals surface area contributed by atoms with Crippen molar-refractivity contribution < 1.29 is 5.11 Å². The Bertz CT molecular complexity index is 182. The standard InChI is InChI=1S/C12H26N2O/c1-10(2)7-12-9-14(8-11(3)15)6-5-13(12)4/h10-12,15H,5-9H2,1-4H3. The molecule has 0 aromatic carbocycles. The van der Waals surface area contributed by atoms with Gasteiger partial charge in [0, 0.05) is 32.2 Å². The van der Waals surface area contributed by atoms with E-state index < -0.39 is 0 Å². The lowest BCUT2D eigenvalue weighted by Gasteiger charge is -2.40. The fraction of sp³-hybridized carbons (Fsp3) is 1.00. The summed E-state index contributed by atoms with van der Waals surface area (Å²) >= 11 is 0. The van der Waals surface area contributed by atoms with E-state index >= 15 is 0 Å². The summed E-state index contributed by atoms with van der Waals surface area (Å²) in [5.74, 6) is 0.754. The molecule has 0 bridgehead atoms. The molecule has 0 saturated carbocycles. The van der Waals surface area contributed by atoms with E-state index in [-0.39, 0.29) is 6.10 Å². The van der Waals surface area contributed by atoms with Gasteiger partial charge in [0.2, 0.25) is 0 Å². The lowest BCUT2D eigenvalue weighted by Crippen LogP contribution is -2.53. The van der Waals surface area contributed by atoms with E-state index in [4.69, 9.17) is 0 Å². The molecule has 1 N–H and O–H groups in total. The van der Waals surface area contributed by atoms with Gasteiger partial charge in [-0.15, -0.1) is 0 Å². The molecule has 0 aromatic heterocycles. The summed E-state index contributed by atoms with van der Waals surface area (Å²) in [6.07, 6.45) is 1.06. The number of nitrogens with zero attached hydrogens (tertiary/aromatic N) is 2. The van der Waals surface area contributed by atoms with Crippen molar-refractivity contribution in [3.8, 4) is 0 Å². The van der Waals surface area contributed by atoms with Crippen LogP contribution in [-0.4, -0.2) is 60.3 Å². The second kappa shape index (κ2) is 5.83. The second-order valence-electron chi connectivity index (χ2n) is 5.37. The second-order valence-corrected chi connectivity index (χ2v) is 5.37. The van der Waals surface area contributed by atoms with Gasteiger partial charge in [-0.25, -0.2) is 0 Å². The highest BCUT2D eigenvalue weighted by molar-refractivity contribution is 4.81. The normalized spacial score (nSPS) is 27.2. The van der Waals surface area contributed by atoms with Crippen LogP contribution in [0.15, 0.2) is 0 Å². The summed E-state index contributed by atoms with van der Waals surface area (Å²) in [5.41, 5.74) is 0. The van der Waals surface area contributed by atoms with Crippen LogP contribution in [0.2, 0.25) is 0 Å². The van der Waals surface area contributed by atoms with Gasteiger partial charge in [-0.3, -0.25) is 4.90 Å². The average molecular weight is 214 g/mol. The minimum Gasteiger partial charge on any atom is -0.392 e. The zero-order valence-corrected chi connectivity index (χ0v) is 10.6. The maximum Gasteiger partial charge on any atom is 0.0639 e. The molecular formula is C12H26N2O. The van der Waals surface area contributed by atoms with Crippen molar-refractivity contribution >= 4 is 0 Å². The minimum absolute atomic E-state index is 0.201. The van der Waals surface area contributed by atoms with Gasteiger partial charge in [-0.2, -0.15) is 0 Å². The van der Waals surface area contributed by atoms with Crippen molar-refractivity contribution in [2.24, 2.45) is 5.92 Å². The predicted octanol–water partition coefficient (Wildman–Crippen LogP) is 1.03. The molecule has 3 heteroatoms. The molecule has 0 spiro atoms. The Labute approximate surface area is 94.1 Å². The van der Waals surface area contributed by atoms with E-state index in [1.807, 2.05) is 6.92 Å². The number of hydrogen-bond donors (Lipinski definition) is 1. The summed E-state index contributed by atoms with van der Waals surface area (Å²) < 4.78 is 0. The average Bonchev–Trinajstić information content (AvgIpc) is 2.09. The first-order valence-electron chi connectivity index (χ1n) is 6.09. The third kappa shape index (κ3) is 4.49. The quantitative estimate of drug-likeness (QED) is 0.757. The van der Waals surface area contributed by atoms with Crippen LogP contribution in [0.25, 0.3) is 0 Å². The molecular weight excluding hydrogens is 188 g/mol. The smallest absolute Gasteiger partial charge is 0.0639 e. The minimum atomic E-state index is -0.201. The lowest BCUT2D eigenvalue weighted by molar-refractivity contribution is 0.0506. The molecule has 1 rings (SSSR count). The van der Waals surface area contributed by atoms with E-state index in [1.54, 1.807) is 0 Å². The highest BCUT2D eigenvalue weighted by atomic mass is 16.3. The van der Waals surface area contributed by atoms with Crippen molar-refractivity contribution in [1.29, 1.82) is 0 Å². The van der Waals surface area contributed by atoms with Crippen LogP contribution in [0.5, 0.6) is 0 Å². The third-order valence-corrected chi connectivity index (χ3v) is 3.13. The van der Waals surface area contributed by atoms with Crippen LogP contribution in [0.3, 0.4) is 0 Å².